The third-order valence-electron chi connectivity index (χ3n) is 5.08. The molecule has 0 aliphatic carbocycles. The van der Waals surface area contributed by atoms with Crippen molar-refractivity contribution >= 4 is 62.5 Å². The van der Waals surface area contributed by atoms with Crippen LogP contribution >= 0.6 is 34.8 Å². The molecule has 0 atom stereocenters. The summed E-state index contributed by atoms with van der Waals surface area (Å²) in [6, 6.07) is 19.4. The molecule has 1 aromatic heterocycles. The first kappa shape index (κ1) is 22.3. The molecule has 32 heavy (non-hydrogen) atoms. The molecular weight excluding hydrogens is 533 g/mol. The summed E-state index contributed by atoms with van der Waals surface area (Å²) in [6.45, 7) is 6.29. The Bertz CT molecular complexity index is 1310. The maximum atomic E-state index is 12.5. The molecule has 0 unspecified atom stereocenters. The van der Waals surface area contributed by atoms with E-state index >= 15 is 0 Å². The highest BCUT2D eigenvalue weighted by molar-refractivity contribution is 14.1. The van der Waals surface area contributed by atoms with Gasteiger partial charge in [-0.15, -0.1) is 10.2 Å². The second-order valence-electron chi connectivity index (χ2n) is 7.81. The first-order valence-electron chi connectivity index (χ1n) is 10.2. The van der Waals surface area contributed by atoms with Gasteiger partial charge in [0.25, 0.3) is 5.91 Å². The Morgan fingerprint density at radius 3 is 2.38 bits per heavy atom. The summed E-state index contributed by atoms with van der Waals surface area (Å²) < 4.78 is 0.984. The SMILES string of the molecule is Cc1cc2nn(-c3ccc(C(C)C)cc3)nc2cc1NC(=S)NC(=O)c1cccc(I)c1. The van der Waals surface area contributed by atoms with E-state index in [1.807, 2.05) is 49.4 Å². The molecule has 6 nitrogen and oxygen atoms in total. The number of anilines is 1. The lowest BCUT2D eigenvalue weighted by Gasteiger charge is -2.11. The molecule has 4 aromatic rings. The molecule has 0 fully saturated rings. The van der Waals surface area contributed by atoms with Gasteiger partial charge in [-0.1, -0.05) is 32.0 Å². The van der Waals surface area contributed by atoms with Gasteiger partial charge in [0, 0.05) is 14.8 Å². The zero-order valence-corrected chi connectivity index (χ0v) is 20.9. The van der Waals surface area contributed by atoms with E-state index in [9.17, 15) is 4.79 Å². The van der Waals surface area contributed by atoms with Crippen molar-refractivity contribution in [2.24, 2.45) is 0 Å². The van der Waals surface area contributed by atoms with E-state index in [4.69, 9.17) is 12.2 Å². The number of carbonyl (C=O) groups is 1. The fourth-order valence-corrected chi connectivity index (χ4v) is 4.01. The van der Waals surface area contributed by atoms with Crippen LogP contribution in [-0.4, -0.2) is 26.0 Å². The molecule has 0 aliphatic heterocycles. The van der Waals surface area contributed by atoms with Crippen LogP contribution in [0.25, 0.3) is 16.7 Å². The fourth-order valence-electron chi connectivity index (χ4n) is 3.27. The van der Waals surface area contributed by atoms with E-state index in [2.05, 4.69) is 69.4 Å². The molecule has 0 saturated carbocycles. The molecule has 2 N–H and O–H groups in total. The average Bonchev–Trinajstić information content (AvgIpc) is 3.16. The Hall–Kier alpha value is -2.85. The van der Waals surface area contributed by atoms with Crippen LogP contribution in [0.3, 0.4) is 0 Å². The summed E-state index contributed by atoms with van der Waals surface area (Å²) in [6.07, 6.45) is 0. The highest BCUT2D eigenvalue weighted by Gasteiger charge is 2.12. The topological polar surface area (TPSA) is 71.8 Å². The highest BCUT2D eigenvalue weighted by Crippen LogP contribution is 2.23. The number of hydrogen-bond acceptors (Lipinski definition) is 4. The van der Waals surface area contributed by atoms with Crippen molar-refractivity contribution in [2.75, 3.05) is 5.32 Å². The van der Waals surface area contributed by atoms with E-state index in [0.717, 1.165) is 31.5 Å². The lowest BCUT2D eigenvalue weighted by Crippen LogP contribution is -2.34. The van der Waals surface area contributed by atoms with Crippen molar-refractivity contribution in [3.63, 3.8) is 0 Å². The quantitative estimate of drug-likeness (QED) is 0.254. The molecule has 8 heteroatoms. The summed E-state index contributed by atoms with van der Waals surface area (Å²) in [4.78, 5) is 14.1. The van der Waals surface area contributed by atoms with Crippen LogP contribution < -0.4 is 10.6 Å². The lowest BCUT2D eigenvalue weighted by atomic mass is 10.0. The van der Waals surface area contributed by atoms with Crippen molar-refractivity contribution in [3.05, 3.63) is 80.9 Å². The predicted molar refractivity (Wildman–Crippen MR) is 141 cm³/mol. The van der Waals surface area contributed by atoms with Crippen LogP contribution in [-0.2, 0) is 0 Å². The molecule has 0 bridgehead atoms. The van der Waals surface area contributed by atoms with E-state index in [-0.39, 0.29) is 11.0 Å². The summed E-state index contributed by atoms with van der Waals surface area (Å²) in [5.41, 5.74) is 5.97. The number of hydrogen-bond donors (Lipinski definition) is 2. The van der Waals surface area contributed by atoms with Gasteiger partial charge in [-0.2, -0.15) is 4.80 Å². The zero-order valence-electron chi connectivity index (χ0n) is 17.9. The summed E-state index contributed by atoms with van der Waals surface area (Å²) >= 11 is 7.53. The fraction of sp³-hybridized carbons (Fsp3) is 0.167. The number of amides is 1. The van der Waals surface area contributed by atoms with Crippen molar-refractivity contribution in [2.45, 2.75) is 26.7 Å². The van der Waals surface area contributed by atoms with Crippen LogP contribution in [0.2, 0.25) is 0 Å². The van der Waals surface area contributed by atoms with E-state index in [1.54, 1.807) is 10.9 Å². The van der Waals surface area contributed by atoms with Crippen LogP contribution in [0.1, 0.15) is 41.3 Å². The number of carbonyl (C=O) groups excluding carboxylic acids is 1. The van der Waals surface area contributed by atoms with Gasteiger partial charge < -0.3 is 5.32 Å². The smallest absolute Gasteiger partial charge is 0.257 e. The number of nitrogens with zero attached hydrogens (tertiary/aromatic N) is 3. The maximum Gasteiger partial charge on any atom is 0.257 e. The normalized spacial score (nSPS) is 11.0. The third kappa shape index (κ3) is 4.97. The predicted octanol–water partition coefficient (Wildman–Crippen LogP) is 5.58. The molecule has 162 valence electrons. The molecule has 0 spiro atoms. The molecule has 0 aliphatic rings. The number of thiocarbonyl (C=S) groups is 1. The van der Waals surface area contributed by atoms with Crippen LogP contribution in [0, 0.1) is 10.5 Å². The van der Waals surface area contributed by atoms with Gasteiger partial charge in [0.05, 0.1) is 5.69 Å². The minimum absolute atomic E-state index is 0.230. The molecule has 4 rings (SSSR count). The van der Waals surface area contributed by atoms with Gasteiger partial charge in [0.2, 0.25) is 0 Å². The van der Waals surface area contributed by atoms with Crippen molar-refractivity contribution < 1.29 is 4.79 Å². The summed E-state index contributed by atoms with van der Waals surface area (Å²) in [5.74, 6) is 0.218. The Morgan fingerprint density at radius 2 is 1.72 bits per heavy atom. The number of fused-ring (bicyclic) bond motifs is 1. The second kappa shape index (κ2) is 9.33. The zero-order chi connectivity index (χ0) is 22.8. The Labute approximate surface area is 205 Å². The standard InChI is InChI=1S/C24H22IN5OS/c1-14(2)16-7-9-19(10-8-16)30-28-21-11-15(3)20(13-22(21)29-30)26-24(32)27-23(31)17-5-4-6-18(25)12-17/h4-14H,1-3H3,(H2,26,27,31,32). The third-order valence-corrected chi connectivity index (χ3v) is 5.95. The number of halogens is 1. The monoisotopic (exact) mass is 555 g/mol. The van der Waals surface area contributed by atoms with Crippen molar-refractivity contribution in [3.8, 4) is 5.69 Å². The molecular formula is C24H22IN5OS. The average molecular weight is 555 g/mol. The Morgan fingerprint density at radius 1 is 1.03 bits per heavy atom. The summed E-state index contributed by atoms with van der Waals surface area (Å²) in [5, 5.41) is 15.3. The van der Waals surface area contributed by atoms with Gasteiger partial charge in [0.15, 0.2) is 5.11 Å². The minimum Gasteiger partial charge on any atom is -0.332 e. The first-order valence-corrected chi connectivity index (χ1v) is 11.6. The largest absolute Gasteiger partial charge is 0.332 e. The minimum atomic E-state index is -0.254. The van der Waals surface area contributed by atoms with Gasteiger partial charge in [-0.05, 0) is 101 Å². The molecule has 1 amide bonds. The number of benzene rings is 3. The van der Waals surface area contributed by atoms with E-state index in [0.29, 0.717) is 11.5 Å². The highest BCUT2D eigenvalue weighted by atomic mass is 127. The second-order valence-corrected chi connectivity index (χ2v) is 9.46. The van der Waals surface area contributed by atoms with Crippen LogP contribution in [0.15, 0.2) is 60.7 Å². The van der Waals surface area contributed by atoms with Crippen molar-refractivity contribution in [1.29, 1.82) is 0 Å². The number of aryl methyl sites for hydroxylation is 1. The van der Waals surface area contributed by atoms with Gasteiger partial charge >= 0.3 is 0 Å². The first-order chi connectivity index (χ1) is 15.3. The van der Waals surface area contributed by atoms with Gasteiger partial charge in [0.1, 0.15) is 11.0 Å². The Balaban J connectivity index is 1.52. The van der Waals surface area contributed by atoms with Crippen molar-refractivity contribution in [1.82, 2.24) is 20.3 Å². The Kier molecular flexibility index (Phi) is 6.52. The summed E-state index contributed by atoms with van der Waals surface area (Å²) in [7, 11) is 0. The maximum absolute atomic E-state index is 12.5. The molecule has 1 heterocycles. The van der Waals surface area contributed by atoms with E-state index in [1.165, 1.54) is 5.56 Å². The molecule has 0 radical (unpaired) electrons. The van der Waals surface area contributed by atoms with Gasteiger partial charge in [-0.3, -0.25) is 10.1 Å². The number of aromatic nitrogens is 3. The number of rotatable bonds is 4. The lowest BCUT2D eigenvalue weighted by molar-refractivity contribution is 0.0977. The molecule has 3 aromatic carbocycles. The number of nitrogens with one attached hydrogen (secondary N) is 2. The van der Waals surface area contributed by atoms with Crippen LogP contribution in [0.4, 0.5) is 5.69 Å². The van der Waals surface area contributed by atoms with Gasteiger partial charge in [-0.25, -0.2) is 0 Å². The van der Waals surface area contributed by atoms with Crippen LogP contribution in [0.5, 0.6) is 0 Å². The van der Waals surface area contributed by atoms with E-state index < -0.39 is 0 Å². The molecule has 0 saturated heterocycles.